The van der Waals surface area contributed by atoms with Gasteiger partial charge in [0, 0.05) is 7.11 Å². The van der Waals surface area contributed by atoms with Crippen LogP contribution in [0.2, 0.25) is 0 Å². The van der Waals surface area contributed by atoms with E-state index >= 15 is 0 Å². The number of ether oxygens (including phenoxy) is 2. The Hall–Kier alpha value is -0.900. The maximum absolute atomic E-state index is 10.0. The van der Waals surface area contributed by atoms with Gasteiger partial charge in [-0.15, -0.1) is 0 Å². The standard InChI is InChI=1S/C15H24O3/c1-11(2)13-5-7-14(8-6-13)15(16)10-18-12(3)9-17-4/h5-8,11-12,15-16H,9-10H2,1-4H3. The molecule has 1 aromatic rings. The van der Waals surface area contributed by atoms with Crippen molar-refractivity contribution in [3.05, 3.63) is 35.4 Å². The van der Waals surface area contributed by atoms with Gasteiger partial charge in [-0.2, -0.15) is 0 Å². The molecule has 102 valence electrons. The van der Waals surface area contributed by atoms with Gasteiger partial charge < -0.3 is 14.6 Å². The van der Waals surface area contributed by atoms with Crippen LogP contribution in [0.25, 0.3) is 0 Å². The molecule has 0 aliphatic rings. The SMILES string of the molecule is COCC(C)OCC(O)c1ccc(C(C)C)cc1. The summed E-state index contributed by atoms with van der Waals surface area (Å²) >= 11 is 0. The van der Waals surface area contributed by atoms with Crippen LogP contribution in [-0.4, -0.2) is 31.5 Å². The van der Waals surface area contributed by atoms with E-state index in [0.29, 0.717) is 19.1 Å². The lowest BCUT2D eigenvalue weighted by Crippen LogP contribution is -2.18. The van der Waals surface area contributed by atoms with Crippen molar-refractivity contribution in [2.75, 3.05) is 20.3 Å². The lowest BCUT2D eigenvalue weighted by Gasteiger charge is -2.16. The van der Waals surface area contributed by atoms with E-state index in [1.54, 1.807) is 7.11 Å². The number of aliphatic hydroxyl groups excluding tert-OH is 1. The third-order valence-electron chi connectivity index (χ3n) is 2.93. The van der Waals surface area contributed by atoms with E-state index in [-0.39, 0.29) is 6.10 Å². The molecule has 1 N–H and O–H groups in total. The molecular formula is C15H24O3. The fourth-order valence-electron chi connectivity index (χ4n) is 1.74. The van der Waals surface area contributed by atoms with Gasteiger partial charge in [-0.25, -0.2) is 0 Å². The Labute approximate surface area is 110 Å². The Kier molecular flexibility index (Phi) is 6.33. The van der Waals surface area contributed by atoms with E-state index in [0.717, 1.165) is 5.56 Å². The van der Waals surface area contributed by atoms with Crippen molar-refractivity contribution in [1.82, 2.24) is 0 Å². The average Bonchev–Trinajstić information content (AvgIpc) is 2.36. The van der Waals surface area contributed by atoms with E-state index in [1.165, 1.54) is 5.56 Å². The third-order valence-corrected chi connectivity index (χ3v) is 2.93. The van der Waals surface area contributed by atoms with Crippen molar-refractivity contribution >= 4 is 0 Å². The van der Waals surface area contributed by atoms with Crippen molar-refractivity contribution in [3.63, 3.8) is 0 Å². The Morgan fingerprint density at radius 2 is 1.56 bits per heavy atom. The molecule has 0 aliphatic carbocycles. The van der Waals surface area contributed by atoms with E-state index in [1.807, 2.05) is 19.1 Å². The zero-order chi connectivity index (χ0) is 13.5. The monoisotopic (exact) mass is 252 g/mol. The van der Waals surface area contributed by atoms with Crippen LogP contribution in [0.15, 0.2) is 24.3 Å². The van der Waals surface area contributed by atoms with Crippen LogP contribution in [0.1, 0.15) is 43.9 Å². The van der Waals surface area contributed by atoms with E-state index in [9.17, 15) is 5.11 Å². The fraction of sp³-hybridized carbons (Fsp3) is 0.600. The van der Waals surface area contributed by atoms with Gasteiger partial charge in [0.15, 0.2) is 0 Å². The molecule has 1 rings (SSSR count). The largest absolute Gasteiger partial charge is 0.386 e. The zero-order valence-electron chi connectivity index (χ0n) is 11.7. The smallest absolute Gasteiger partial charge is 0.102 e. The van der Waals surface area contributed by atoms with Gasteiger partial charge in [-0.3, -0.25) is 0 Å². The summed E-state index contributed by atoms with van der Waals surface area (Å²) in [6.07, 6.45) is -0.579. The second-order valence-corrected chi connectivity index (χ2v) is 4.94. The lowest BCUT2D eigenvalue weighted by molar-refractivity contribution is -0.0325. The summed E-state index contributed by atoms with van der Waals surface area (Å²) in [6, 6.07) is 8.04. The second-order valence-electron chi connectivity index (χ2n) is 4.94. The van der Waals surface area contributed by atoms with E-state index in [2.05, 4.69) is 26.0 Å². The highest BCUT2D eigenvalue weighted by Gasteiger charge is 2.10. The summed E-state index contributed by atoms with van der Waals surface area (Å²) in [5.41, 5.74) is 2.17. The fourth-order valence-corrected chi connectivity index (χ4v) is 1.74. The molecule has 0 bridgehead atoms. The molecule has 3 heteroatoms. The zero-order valence-corrected chi connectivity index (χ0v) is 11.7. The van der Waals surface area contributed by atoms with Crippen molar-refractivity contribution < 1.29 is 14.6 Å². The summed E-state index contributed by atoms with van der Waals surface area (Å²) in [5.74, 6) is 0.508. The topological polar surface area (TPSA) is 38.7 Å². The number of hydrogen-bond acceptors (Lipinski definition) is 3. The number of aliphatic hydroxyl groups is 1. The summed E-state index contributed by atoms with van der Waals surface area (Å²) in [6.45, 7) is 7.07. The Bertz CT molecular complexity index is 332. The lowest BCUT2D eigenvalue weighted by atomic mass is 10.0. The third kappa shape index (κ3) is 4.77. The Balaban J connectivity index is 2.48. The molecule has 18 heavy (non-hydrogen) atoms. The van der Waals surface area contributed by atoms with Crippen LogP contribution in [0.3, 0.4) is 0 Å². The number of methoxy groups -OCH3 is 1. The van der Waals surface area contributed by atoms with Gasteiger partial charge in [-0.1, -0.05) is 38.1 Å². The first kappa shape index (κ1) is 15.2. The Morgan fingerprint density at radius 3 is 2.06 bits per heavy atom. The van der Waals surface area contributed by atoms with Gasteiger partial charge in [0.1, 0.15) is 6.10 Å². The van der Waals surface area contributed by atoms with Crippen molar-refractivity contribution in [3.8, 4) is 0 Å². The van der Waals surface area contributed by atoms with Crippen LogP contribution in [0.5, 0.6) is 0 Å². The molecule has 1 aromatic carbocycles. The molecule has 0 saturated heterocycles. The van der Waals surface area contributed by atoms with Gasteiger partial charge in [0.25, 0.3) is 0 Å². The highest BCUT2D eigenvalue weighted by molar-refractivity contribution is 5.26. The summed E-state index contributed by atoms with van der Waals surface area (Å²) in [7, 11) is 1.64. The predicted molar refractivity (Wildman–Crippen MR) is 72.8 cm³/mol. The molecule has 0 fully saturated rings. The molecule has 0 radical (unpaired) electrons. The van der Waals surface area contributed by atoms with E-state index < -0.39 is 6.10 Å². The quantitative estimate of drug-likeness (QED) is 0.811. The molecule has 0 heterocycles. The minimum absolute atomic E-state index is 0.000382. The van der Waals surface area contributed by atoms with Crippen LogP contribution in [0, 0.1) is 0 Å². The van der Waals surface area contributed by atoms with Crippen molar-refractivity contribution in [2.45, 2.75) is 38.9 Å². The molecular weight excluding hydrogens is 228 g/mol. The number of hydrogen-bond donors (Lipinski definition) is 1. The molecule has 0 amide bonds. The first-order valence-corrected chi connectivity index (χ1v) is 6.43. The van der Waals surface area contributed by atoms with Gasteiger partial charge in [0.05, 0.1) is 19.3 Å². The van der Waals surface area contributed by atoms with Crippen LogP contribution in [-0.2, 0) is 9.47 Å². The van der Waals surface area contributed by atoms with Crippen LogP contribution in [0.4, 0.5) is 0 Å². The first-order valence-electron chi connectivity index (χ1n) is 6.43. The normalized spacial score (nSPS) is 14.8. The highest BCUT2D eigenvalue weighted by Crippen LogP contribution is 2.19. The second kappa shape index (κ2) is 7.52. The Morgan fingerprint density at radius 1 is 1.00 bits per heavy atom. The number of benzene rings is 1. The van der Waals surface area contributed by atoms with Crippen molar-refractivity contribution in [2.24, 2.45) is 0 Å². The maximum Gasteiger partial charge on any atom is 0.102 e. The van der Waals surface area contributed by atoms with Crippen LogP contribution >= 0.6 is 0 Å². The minimum Gasteiger partial charge on any atom is -0.386 e. The molecule has 2 unspecified atom stereocenters. The van der Waals surface area contributed by atoms with E-state index in [4.69, 9.17) is 9.47 Å². The molecule has 0 aliphatic heterocycles. The maximum atomic E-state index is 10.0. The van der Waals surface area contributed by atoms with Crippen molar-refractivity contribution in [1.29, 1.82) is 0 Å². The average molecular weight is 252 g/mol. The molecule has 0 aromatic heterocycles. The highest BCUT2D eigenvalue weighted by atomic mass is 16.5. The summed E-state index contributed by atoms with van der Waals surface area (Å²) < 4.78 is 10.5. The summed E-state index contributed by atoms with van der Waals surface area (Å²) in [4.78, 5) is 0. The van der Waals surface area contributed by atoms with Gasteiger partial charge in [0.2, 0.25) is 0 Å². The molecule has 0 spiro atoms. The first-order chi connectivity index (χ1) is 8.54. The molecule has 0 saturated carbocycles. The predicted octanol–water partition coefficient (Wildman–Crippen LogP) is 2.89. The van der Waals surface area contributed by atoms with Gasteiger partial charge in [-0.05, 0) is 24.0 Å². The minimum atomic E-state index is -0.578. The molecule has 2 atom stereocenters. The number of rotatable bonds is 7. The molecule has 3 nitrogen and oxygen atoms in total. The van der Waals surface area contributed by atoms with Gasteiger partial charge >= 0.3 is 0 Å². The summed E-state index contributed by atoms with van der Waals surface area (Å²) in [5, 5.41) is 10.0. The van der Waals surface area contributed by atoms with Crippen LogP contribution < -0.4 is 0 Å².